The molecule has 1 amide bonds. The predicted octanol–water partition coefficient (Wildman–Crippen LogP) is 0.776. The first kappa shape index (κ1) is 17.0. The molecule has 1 aromatic heterocycles. The van der Waals surface area contributed by atoms with Crippen LogP contribution in [0.15, 0.2) is 18.3 Å². The van der Waals surface area contributed by atoms with E-state index in [2.05, 4.69) is 21.8 Å². The van der Waals surface area contributed by atoms with Crippen molar-refractivity contribution in [1.82, 2.24) is 9.88 Å². The van der Waals surface area contributed by atoms with E-state index in [-0.39, 0.29) is 24.8 Å². The average molecular weight is 293 g/mol. The first-order valence-corrected chi connectivity index (χ1v) is 5.36. The molecule has 0 aromatic carbocycles. The highest BCUT2D eigenvalue weighted by molar-refractivity contribution is 5.92. The molecule has 0 atom stereocenters. The van der Waals surface area contributed by atoms with Crippen molar-refractivity contribution in [2.45, 2.75) is 0 Å². The molecule has 0 radical (unpaired) electrons. The summed E-state index contributed by atoms with van der Waals surface area (Å²) in [5, 5.41) is 0. The summed E-state index contributed by atoms with van der Waals surface area (Å²) in [6.07, 6.45) is 1.54. The number of nitrogens with zero attached hydrogens (tertiary/aromatic N) is 3. The first-order valence-electron chi connectivity index (χ1n) is 5.36. The lowest BCUT2D eigenvalue weighted by atomic mass is 10.2. The van der Waals surface area contributed by atoms with E-state index in [1.54, 1.807) is 6.07 Å². The number of hydrogen-bond acceptors (Lipinski definition) is 4. The van der Waals surface area contributed by atoms with Crippen molar-refractivity contribution in [2.75, 3.05) is 38.1 Å². The molecule has 5 nitrogen and oxygen atoms in total. The lowest BCUT2D eigenvalue weighted by molar-refractivity contribution is 0.1000. The van der Waals surface area contributed by atoms with Gasteiger partial charge >= 0.3 is 0 Å². The molecule has 1 fully saturated rings. The molecule has 1 aliphatic heterocycles. The number of piperazine rings is 1. The number of rotatable bonds is 2. The monoisotopic (exact) mass is 292 g/mol. The van der Waals surface area contributed by atoms with Gasteiger partial charge in [-0.25, -0.2) is 4.98 Å². The van der Waals surface area contributed by atoms with Gasteiger partial charge in [0, 0.05) is 32.4 Å². The zero-order valence-electron chi connectivity index (χ0n) is 10.2. The van der Waals surface area contributed by atoms with Gasteiger partial charge in [-0.3, -0.25) is 4.79 Å². The van der Waals surface area contributed by atoms with Crippen LogP contribution in [0.3, 0.4) is 0 Å². The minimum absolute atomic E-state index is 0. The second kappa shape index (κ2) is 7.41. The van der Waals surface area contributed by atoms with Gasteiger partial charge in [-0.05, 0) is 19.2 Å². The van der Waals surface area contributed by atoms with E-state index in [0.717, 1.165) is 32.0 Å². The standard InChI is InChI=1S/C11H16N4O.2ClH/c1-14-4-6-15(7-5-14)10-3-2-9(8-13-10)11(12)16;;/h2-3,8H,4-7H2,1H3,(H2,12,16);2*1H. The molecule has 1 saturated heterocycles. The van der Waals surface area contributed by atoms with Crippen LogP contribution in [0.4, 0.5) is 5.82 Å². The molecule has 1 aromatic rings. The summed E-state index contributed by atoms with van der Waals surface area (Å²) in [5.74, 6) is 0.482. The lowest BCUT2D eigenvalue weighted by Gasteiger charge is -2.33. The van der Waals surface area contributed by atoms with E-state index in [1.807, 2.05) is 6.07 Å². The van der Waals surface area contributed by atoms with Gasteiger partial charge in [-0.15, -0.1) is 24.8 Å². The third kappa shape index (κ3) is 4.01. The summed E-state index contributed by atoms with van der Waals surface area (Å²) in [5.41, 5.74) is 5.62. The Morgan fingerprint density at radius 3 is 2.28 bits per heavy atom. The van der Waals surface area contributed by atoms with E-state index >= 15 is 0 Å². The van der Waals surface area contributed by atoms with Crippen molar-refractivity contribution in [1.29, 1.82) is 0 Å². The summed E-state index contributed by atoms with van der Waals surface area (Å²) in [7, 11) is 2.11. The van der Waals surface area contributed by atoms with Crippen LogP contribution in [0.2, 0.25) is 0 Å². The number of anilines is 1. The normalized spacial score (nSPS) is 15.5. The highest BCUT2D eigenvalue weighted by Crippen LogP contribution is 2.13. The van der Waals surface area contributed by atoms with Crippen LogP contribution in [0.5, 0.6) is 0 Å². The van der Waals surface area contributed by atoms with Gasteiger partial charge in [0.1, 0.15) is 5.82 Å². The van der Waals surface area contributed by atoms with E-state index in [1.165, 1.54) is 6.20 Å². The summed E-state index contributed by atoms with van der Waals surface area (Å²) in [6.45, 7) is 4.03. The quantitative estimate of drug-likeness (QED) is 0.875. The van der Waals surface area contributed by atoms with Crippen LogP contribution in [-0.2, 0) is 0 Å². The number of pyridine rings is 1. The minimum atomic E-state index is -0.433. The Kier molecular flexibility index (Phi) is 6.98. The fraction of sp³-hybridized carbons (Fsp3) is 0.455. The number of amides is 1. The number of carbonyl (C=O) groups is 1. The molecule has 1 aliphatic rings. The Hall–Kier alpha value is -1.04. The molecular weight excluding hydrogens is 275 g/mol. The van der Waals surface area contributed by atoms with Crippen molar-refractivity contribution < 1.29 is 4.79 Å². The van der Waals surface area contributed by atoms with Crippen molar-refractivity contribution in [3.63, 3.8) is 0 Å². The highest BCUT2D eigenvalue weighted by Gasteiger charge is 2.15. The maximum absolute atomic E-state index is 10.9. The SMILES string of the molecule is CN1CCN(c2ccc(C(N)=O)cn2)CC1.Cl.Cl. The molecule has 18 heavy (non-hydrogen) atoms. The van der Waals surface area contributed by atoms with E-state index in [4.69, 9.17) is 5.73 Å². The Balaban J connectivity index is 0.00000144. The molecule has 2 N–H and O–H groups in total. The molecule has 2 heterocycles. The number of likely N-dealkylation sites (N-methyl/N-ethyl adjacent to an activating group) is 1. The van der Waals surface area contributed by atoms with Gasteiger partial charge in [0.05, 0.1) is 5.56 Å². The van der Waals surface area contributed by atoms with Crippen molar-refractivity contribution >= 4 is 36.5 Å². The van der Waals surface area contributed by atoms with Gasteiger partial charge in [0.25, 0.3) is 0 Å². The van der Waals surface area contributed by atoms with Gasteiger partial charge in [0.15, 0.2) is 0 Å². The number of hydrogen-bond donors (Lipinski definition) is 1. The van der Waals surface area contributed by atoms with Gasteiger partial charge in [-0.1, -0.05) is 0 Å². The molecule has 102 valence electrons. The lowest BCUT2D eigenvalue weighted by Crippen LogP contribution is -2.44. The highest BCUT2D eigenvalue weighted by atomic mass is 35.5. The topological polar surface area (TPSA) is 62.5 Å². The Morgan fingerprint density at radius 1 is 1.22 bits per heavy atom. The molecule has 0 unspecified atom stereocenters. The summed E-state index contributed by atoms with van der Waals surface area (Å²) >= 11 is 0. The van der Waals surface area contributed by atoms with E-state index in [0.29, 0.717) is 5.56 Å². The zero-order chi connectivity index (χ0) is 11.5. The third-order valence-corrected chi connectivity index (χ3v) is 2.86. The van der Waals surface area contributed by atoms with Crippen LogP contribution < -0.4 is 10.6 Å². The van der Waals surface area contributed by atoms with Crippen molar-refractivity contribution in [3.8, 4) is 0 Å². The fourth-order valence-electron chi connectivity index (χ4n) is 1.75. The second-order valence-electron chi connectivity index (χ2n) is 4.06. The Bertz CT molecular complexity index is 377. The largest absolute Gasteiger partial charge is 0.366 e. The van der Waals surface area contributed by atoms with Crippen molar-refractivity contribution in [3.05, 3.63) is 23.9 Å². The van der Waals surface area contributed by atoms with Crippen LogP contribution in [-0.4, -0.2) is 49.0 Å². The first-order chi connectivity index (χ1) is 7.66. The number of primary amides is 1. The Labute approximate surface area is 119 Å². The zero-order valence-corrected chi connectivity index (χ0v) is 11.8. The predicted molar refractivity (Wildman–Crippen MR) is 77.0 cm³/mol. The van der Waals surface area contributed by atoms with Crippen LogP contribution in [0, 0.1) is 0 Å². The second-order valence-corrected chi connectivity index (χ2v) is 4.06. The maximum Gasteiger partial charge on any atom is 0.250 e. The van der Waals surface area contributed by atoms with E-state index < -0.39 is 5.91 Å². The number of aromatic nitrogens is 1. The average Bonchev–Trinajstić information content (AvgIpc) is 2.30. The van der Waals surface area contributed by atoms with Crippen LogP contribution in [0.25, 0.3) is 0 Å². The number of halogens is 2. The van der Waals surface area contributed by atoms with Crippen LogP contribution in [0.1, 0.15) is 10.4 Å². The number of nitrogens with two attached hydrogens (primary N) is 1. The van der Waals surface area contributed by atoms with E-state index in [9.17, 15) is 4.79 Å². The molecule has 0 saturated carbocycles. The molecule has 0 bridgehead atoms. The molecule has 7 heteroatoms. The maximum atomic E-state index is 10.9. The van der Waals surface area contributed by atoms with Crippen LogP contribution >= 0.6 is 24.8 Å². The Morgan fingerprint density at radius 2 is 1.83 bits per heavy atom. The molecule has 0 aliphatic carbocycles. The molecule has 2 rings (SSSR count). The van der Waals surface area contributed by atoms with Gasteiger partial charge in [-0.2, -0.15) is 0 Å². The fourth-order valence-corrected chi connectivity index (χ4v) is 1.75. The number of carbonyl (C=O) groups excluding carboxylic acids is 1. The smallest absolute Gasteiger partial charge is 0.250 e. The molecule has 0 spiro atoms. The van der Waals surface area contributed by atoms with Gasteiger partial charge in [0.2, 0.25) is 5.91 Å². The minimum Gasteiger partial charge on any atom is -0.366 e. The van der Waals surface area contributed by atoms with Gasteiger partial charge < -0.3 is 15.5 Å². The summed E-state index contributed by atoms with van der Waals surface area (Å²) in [4.78, 5) is 19.6. The third-order valence-electron chi connectivity index (χ3n) is 2.86. The summed E-state index contributed by atoms with van der Waals surface area (Å²) in [6, 6.07) is 3.58. The van der Waals surface area contributed by atoms with Crippen molar-refractivity contribution in [2.24, 2.45) is 5.73 Å². The summed E-state index contributed by atoms with van der Waals surface area (Å²) < 4.78 is 0. The molecular formula is C11H18Cl2N4O.